The molecule has 1 aromatic rings. The third-order valence-corrected chi connectivity index (χ3v) is 5.18. The first kappa shape index (κ1) is 19.5. The fourth-order valence-electron chi connectivity index (χ4n) is 3.38. The Morgan fingerprint density at radius 2 is 1.81 bits per heavy atom. The first-order chi connectivity index (χ1) is 12.8. The largest absolute Gasteiger partial charge is 0.497 e. The summed E-state index contributed by atoms with van der Waals surface area (Å²) in [7, 11) is 1.30. The number of likely N-dealkylation sites (tertiary alicyclic amines) is 1. The lowest BCUT2D eigenvalue weighted by Gasteiger charge is -2.31. The van der Waals surface area contributed by atoms with Gasteiger partial charge in [-0.05, 0) is 43.4 Å². The van der Waals surface area contributed by atoms with Crippen LogP contribution in [-0.2, 0) is 22.3 Å². The lowest BCUT2D eigenvalue weighted by molar-refractivity contribution is -0.138. The Bertz CT molecular complexity index is 709. The Balaban J connectivity index is 1.56. The van der Waals surface area contributed by atoms with Gasteiger partial charge in [-0.3, -0.25) is 9.59 Å². The number of hydrogen-bond donors (Lipinski definition) is 1. The fourth-order valence-corrected chi connectivity index (χ4v) is 3.38. The van der Waals surface area contributed by atoms with Gasteiger partial charge < -0.3 is 15.0 Å². The second-order valence-electron chi connectivity index (χ2n) is 7.11. The second kappa shape index (κ2) is 7.78. The van der Waals surface area contributed by atoms with Crippen molar-refractivity contribution in [2.75, 3.05) is 20.2 Å². The number of carbonyl (C=O) groups excluding carboxylic acids is 2. The van der Waals surface area contributed by atoms with Crippen molar-refractivity contribution in [1.29, 1.82) is 0 Å². The number of ether oxygens (including phenoxy) is 1. The number of benzene rings is 1. The molecule has 148 valence electrons. The van der Waals surface area contributed by atoms with Crippen LogP contribution in [0, 0.1) is 11.8 Å². The number of amides is 2. The number of nitrogens with zero attached hydrogens (tertiary/aromatic N) is 1. The molecule has 1 saturated carbocycles. The summed E-state index contributed by atoms with van der Waals surface area (Å²) in [4.78, 5) is 26.2. The molecule has 27 heavy (non-hydrogen) atoms. The van der Waals surface area contributed by atoms with Crippen LogP contribution in [0.1, 0.15) is 36.8 Å². The van der Waals surface area contributed by atoms with Crippen LogP contribution in [-0.4, -0.2) is 36.9 Å². The van der Waals surface area contributed by atoms with Crippen molar-refractivity contribution in [2.45, 2.75) is 38.4 Å². The predicted molar refractivity (Wildman–Crippen MR) is 91.9 cm³/mol. The van der Waals surface area contributed by atoms with Gasteiger partial charge >= 0.3 is 6.18 Å². The molecular weight excluding hydrogens is 361 g/mol. The number of nitrogens with one attached hydrogen (secondary N) is 1. The number of alkyl halides is 3. The van der Waals surface area contributed by atoms with E-state index in [1.807, 2.05) is 0 Å². The zero-order valence-corrected chi connectivity index (χ0v) is 15.1. The van der Waals surface area contributed by atoms with Crippen LogP contribution in [0.5, 0.6) is 5.75 Å². The number of piperidine rings is 1. The molecule has 8 heteroatoms. The molecule has 2 fully saturated rings. The second-order valence-corrected chi connectivity index (χ2v) is 7.11. The van der Waals surface area contributed by atoms with E-state index in [-0.39, 0.29) is 41.5 Å². The monoisotopic (exact) mass is 384 g/mol. The maximum absolute atomic E-state index is 13.2. The Morgan fingerprint density at radius 3 is 2.37 bits per heavy atom. The summed E-state index contributed by atoms with van der Waals surface area (Å²) in [5.41, 5.74) is -0.815. The van der Waals surface area contributed by atoms with Gasteiger partial charge in [-0.15, -0.1) is 0 Å². The topological polar surface area (TPSA) is 58.6 Å². The van der Waals surface area contributed by atoms with E-state index in [1.165, 1.54) is 19.2 Å². The van der Waals surface area contributed by atoms with Crippen LogP contribution in [0.15, 0.2) is 18.2 Å². The third-order valence-electron chi connectivity index (χ3n) is 5.18. The molecule has 5 nitrogen and oxygen atoms in total. The highest BCUT2D eigenvalue weighted by Crippen LogP contribution is 2.35. The van der Waals surface area contributed by atoms with E-state index in [0.29, 0.717) is 25.9 Å². The molecule has 0 atom stereocenters. The van der Waals surface area contributed by atoms with Crippen molar-refractivity contribution in [1.82, 2.24) is 10.2 Å². The van der Waals surface area contributed by atoms with Crippen LogP contribution in [0.2, 0.25) is 0 Å². The van der Waals surface area contributed by atoms with Crippen LogP contribution in [0.3, 0.4) is 0 Å². The first-order valence-electron chi connectivity index (χ1n) is 9.10. The van der Waals surface area contributed by atoms with E-state index in [1.54, 1.807) is 4.90 Å². The highest BCUT2D eigenvalue weighted by Gasteiger charge is 2.36. The SMILES string of the molecule is COc1ccc(CNC(=O)C2CCN(C(=O)C3CC3)CC2)c(C(F)(F)F)c1. The summed E-state index contributed by atoms with van der Waals surface area (Å²) in [6.45, 7) is 0.867. The summed E-state index contributed by atoms with van der Waals surface area (Å²) in [6.07, 6.45) is -1.55. The number of rotatable bonds is 5. The minimum atomic E-state index is -4.52. The lowest BCUT2D eigenvalue weighted by atomic mass is 9.95. The van der Waals surface area contributed by atoms with E-state index in [9.17, 15) is 22.8 Å². The van der Waals surface area contributed by atoms with E-state index in [4.69, 9.17) is 4.74 Å². The molecule has 1 N–H and O–H groups in total. The minimum absolute atomic E-state index is 0.00185. The Hall–Kier alpha value is -2.25. The van der Waals surface area contributed by atoms with Crippen LogP contribution < -0.4 is 10.1 Å². The predicted octanol–water partition coefficient (Wildman–Crippen LogP) is 2.98. The van der Waals surface area contributed by atoms with Gasteiger partial charge in [-0.2, -0.15) is 13.2 Å². The molecule has 1 aromatic carbocycles. The maximum atomic E-state index is 13.2. The highest BCUT2D eigenvalue weighted by atomic mass is 19.4. The molecule has 2 aliphatic rings. The van der Waals surface area contributed by atoms with Crippen molar-refractivity contribution in [3.05, 3.63) is 29.3 Å². The van der Waals surface area contributed by atoms with Gasteiger partial charge in [-0.1, -0.05) is 6.07 Å². The van der Waals surface area contributed by atoms with E-state index < -0.39 is 11.7 Å². The Labute approximate surface area is 155 Å². The average molecular weight is 384 g/mol. The van der Waals surface area contributed by atoms with E-state index in [2.05, 4.69) is 5.32 Å². The minimum Gasteiger partial charge on any atom is -0.497 e. The van der Waals surface area contributed by atoms with Crippen LogP contribution >= 0.6 is 0 Å². The molecule has 0 aromatic heterocycles. The zero-order chi connectivity index (χ0) is 19.6. The van der Waals surface area contributed by atoms with Crippen molar-refractivity contribution in [2.24, 2.45) is 11.8 Å². The van der Waals surface area contributed by atoms with Gasteiger partial charge in [-0.25, -0.2) is 0 Å². The highest BCUT2D eigenvalue weighted by molar-refractivity contribution is 5.82. The van der Waals surface area contributed by atoms with Gasteiger partial charge in [0.2, 0.25) is 11.8 Å². The molecule has 1 saturated heterocycles. The normalized spacial score (nSPS) is 18.3. The van der Waals surface area contributed by atoms with Gasteiger partial charge in [0.1, 0.15) is 5.75 Å². The van der Waals surface area contributed by atoms with Crippen molar-refractivity contribution >= 4 is 11.8 Å². The quantitative estimate of drug-likeness (QED) is 0.849. The molecule has 3 rings (SSSR count). The van der Waals surface area contributed by atoms with Crippen LogP contribution in [0.25, 0.3) is 0 Å². The number of carbonyl (C=O) groups is 2. The molecule has 0 spiro atoms. The van der Waals surface area contributed by atoms with Crippen molar-refractivity contribution < 1.29 is 27.5 Å². The molecule has 1 aliphatic heterocycles. The molecule has 1 aliphatic carbocycles. The van der Waals surface area contributed by atoms with E-state index in [0.717, 1.165) is 18.9 Å². The smallest absolute Gasteiger partial charge is 0.416 e. The summed E-state index contributed by atoms with van der Waals surface area (Å²) >= 11 is 0. The molecular formula is C19H23F3N2O3. The average Bonchev–Trinajstić information content (AvgIpc) is 3.50. The fraction of sp³-hybridized carbons (Fsp3) is 0.579. The standard InChI is InChI=1S/C19H23F3N2O3/c1-27-15-5-4-14(16(10-15)19(20,21)22)11-23-17(25)12-6-8-24(9-7-12)18(26)13-2-3-13/h4-5,10,12-13H,2-3,6-9,11H2,1H3,(H,23,25). The summed E-state index contributed by atoms with van der Waals surface area (Å²) < 4.78 is 44.5. The summed E-state index contributed by atoms with van der Waals surface area (Å²) in [5, 5.41) is 2.61. The van der Waals surface area contributed by atoms with Gasteiger partial charge in [0.25, 0.3) is 0 Å². The third kappa shape index (κ3) is 4.73. The van der Waals surface area contributed by atoms with Crippen molar-refractivity contribution in [3.8, 4) is 5.75 Å². The van der Waals surface area contributed by atoms with Gasteiger partial charge in [0.05, 0.1) is 12.7 Å². The molecule has 0 radical (unpaired) electrons. The first-order valence-corrected chi connectivity index (χ1v) is 9.10. The zero-order valence-electron chi connectivity index (χ0n) is 15.1. The van der Waals surface area contributed by atoms with Crippen molar-refractivity contribution in [3.63, 3.8) is 0 Å². The van der Waals surface area contributed by atoms with Gasteiger partial charge in [0.15, 0.2) is 0 Å². The molecule has 1 heterocycles. The van der Waals surface area contributed by atoms with Crippen LogP contribution in [0.4, 0.5) is 13.2 Å². The Kier molecular flexibility index (Phi) is 5.62. The Morgan fingerprint density at radius 1 is 1.15 bits per heavy atom. The molecule has 0 unspecified atom stereocenters. The maximum Gasteiger partial charge on any atom is 0.416 e. The number of hydrogen-bond acceptors (Lipinski definition) is 3. The summed E-state index contributed by atoms with van der Waals surface area (Å²) in [6, 6.07) is 3.70. The van der Waals surface area contributed by atoms with E-state index >= 15 is 0 Å². The number of methoxy groups -OCH3 is 1. The summed E-state index contributed by atoms with van der Waals surface area (Å²) in [5.74, 6) is -0.100. The number of halogens is 3. The lowest BCUT2D eigenvalue weighted by Crippen LogP contribution is -2.43. The molecule has 0 bridgehead atoms. The molecule has 2 amide bonds. The van der Waals surface area contributed by atoms with Gasteiger partial charge in [0, 0.05) is 31.5 Å².